The van der Waals surface area contributed by atoms with Gasteiger partial charge in [-0.3, -0.25) is 15.0 Å². The van der Waals surface area contributed by atoms with Gasteiger partial charge in [-0.25, -0.2) is 9.02 Å². The lowest BCUT2D eigenvalue weighted by molar-refractivity contribution is -0.106. The maximum absolute atomic E-state index is 13.9. The zero-order valence-corrected chi connectivity index (χ0v) is 31.5. The van der Waals surface area contributed by atoms with Crippen molar-refractivity contribution in [3.63, 3.8) is 0 Å². The lowest BCUT2D eigenvalue weighted by Gasteiger charge is -2.37. The number of anilines is 2. The molecule has 5 aromatic rings. The first kappa shape index (κ1) is 40.6. The van der Waals surface area contributed by atoms with Crippen molar-refractivity contribution in [2.75, 3.05) is 23.3 Å². The summed E-state index contributed by atoms with van der Waals surface area (Å²) in [5.41, 5.74) is 4.76. The molecule has 9 heteroatoms. The number of nitrogens with one attached hydrogen (secondary N) is 2. The van der Waals surface area contributed by atoms with Crippen LogP contribution in [0, 0.1) is 11.7 Å². The van der Waals surface area contributed by atoms with Crippen molar-refractivity contribution in [3.05, 3.63) is 148 Å². The highest BCUT2D eigenvalue weighted by Gasteiger charge is 2.35. The Morgan fingerprint density at radius 2 is 1.37 bits per heavy atom. The second kappa shape index (κ2) is 20.8. The number of aromatic nitrogens is 2. The molecule has 4 aromatic carbocycles. The van der Waals surface area contributed by atoms with Crippen LogP contribution in [-0.4, -0.2) is 29.8 Å². The lowest BCUT2D eigenvalue weighted by Crippen LogP contribution is -2.46. The molecule has 0 radical (unpaired) electrons. The number of hydrogen-bond acceptors (Lipinski definition) is 6. The van der Waals surface area contributed by atoms with Gasteiger partial charge in [-0.05, 0) is 70.0 Å². The van der Waals surface area contributed by atoms with Crippen molar-refractivity contribution in [1.82, 2.24) is 15.6 Å². The van der Waals surface area contributed by atoms with Gasteiger partial charge in [0.2, 0.25) is 12.2 Å². The maximum Gasteiger partial charge on any atom is 0.218 e. The summed E-state index contributed by atoms with van der Waals surface area (Å²) in [6.07, 6.45) is 2.57. The average molecular weight is 712 g/mol. The SMILES string of the molecule is CC.CC/C(C)=C(\c1nonc1NCCNC(c1ccccc1)(c1ccccc1)c1ccccc1)N(C=O)c1ccc(F)c(Cl)c1.CCC(C)C. The molecule has 270 valence electrons. The van der Waals surface area contributed by atoms with E-state index < -0.39 is 11.4 Å². The van der Waals surface area contributed by atoms with E-state index in [0.717, 1.165) is 28.2 Å². The largest absolute Gasteiger partial charge is 0.364 e. The van der Waals surface area contributed by atoms with Crippen LogP contribution in [0.5, 0.6) is 0 Å². The van der Waals surface area contributed by atoms with E-state index in [2.05, 4.69) is 78.1 Å². The molecule has 1 aromatic heterocycles. The van der Waals surface area contributed by atoms with Crippen molar-refractivity contribution < 1.29 is 13.8 Å². The van der Waals surface area contributed by atoms with Crippen LogP contribution in [0.2, 0.25) is 5.02 Å². The van der Waals surface area contributed by atoms with E-state index in [4.69, 9.17) is 16.2 Å². The standard InChI is InChI=1S/C35H33ClFN5O2.C5H12.C2H6/c1-3-25(2)33(42(24-43)29-19-20-31(37)30(36)23-29)32-34(41-44-40-32)38-21-22-39-35(26-13-7-4-8-14-26,27-15-9-5-10-16-27)28-17-11-6-12-18-28;1-4-5(2)3;1-2/h4-20,23-24,39H,3,21-22H2,1-2H3,(H,38,41);5H,4H2,1-3H3;1-2H3/b33-25+;;. The second-order valence-electron chi connectivity index (χ2n) is 12.0. The molecule has 2 N–H and O–H groups in total. The summed E-state index contributed by atoms with van der Waals surface area (Å²) in [5, 5.41) is 15.3. The Labute approximate surface area is 307 Å². The molecule has 0 aliphatic heterocycles. The zero-order valence-electron chi connectivity index (χ0n) is 30.8. The van der Waals surface area contributed by atoms with Crippen molar-refractivity contribution in [3.8, 4) is 0 Å². The number of benzene rings is 4. The molecule has 0 saturated heterocycles. The molecule has 1 amide bonds. The molecule has 0 unspecified atom stereocenters. The van der Waals surface area contributed by atoms with Gasteiger partial charge in [0.1, 0.15) is 5.82 Å². The Morgan fingerprint density at radius 3 is 1.80 bits per heavy atom. The van der Waals surface area contributed by atoms with E-state index in [0.29, 0.717) is 48.8 Å². The summed E-state index contributed by atoms with van der Waals surface area (Å²) in [6, 6.07) is 35.1. The van der Waals surface area contributed by atoms with E-state index in [1.807, 2.05) is 82.3 Å². The molecule has 7 nitrogen and oxygen atoms in total. The molecule has 51 heavy (non-hydrogen) atoms. The Balaban J connectivity index is 0.000000923. The highest BCUT2D eigenvalue weighted by molar-refractivity contribution is 6.31. The Kier molecular flexibility index (Phi) is 16.6. The van der Waals surface area contributed by atoms with Crippen LogP contribution >= 0.6 is 11.6 Å². The van der Waals surface area contributed by atoms with Crippen LogP contribution in [-0.2, 0) is 10.3 Å². The van der Waals surface area contributed by atoms with Gasteiger partial charge >= 0.3 is 0 Å². The number of hydrogen-bond donors (Lipinski definition) is 2. The van der Waals surface area contributed by atoms with Gasteiger partial charge in [-0.2, -0.15) is 0 Å². The number of carbonyl (C=O) groups excluding carboxylic acids is 1. The minimum Gasteiger partial charge on any atom is -0.364 e. The van der Waals surface area contributed by atoms with Gasteiger partial charge in [0.25, 0.3) is 0 Å². The summed E-state index contributed by atoms with van der Waals surface area (Å²) in [4.78, 5) is 13.8. The Hall–Kier alpha value is -4.79. The Morgan fingerprint density at radius 1 is 0.863 bits per heavy atom. The summed E-state index contributed by atoms with van der Waals surface area (Å²) < 4.78 is 19.1. The van der Waals surface area contributed by atoms with Crippen molar-refractivity contribution >= 4 is 35.2 Å². The molecule has 0 bridgehead atoms. The van der Waals surface area contributed by atoms with E-state index >= 15 is 0 Å². The third-order valence-electron chi connectivity index (χ3n) is 8.42. The third-order valence-corrected chi connectivity index (χ3v) is 8.71. The van der Waals surface area contributed by atoms with Crippen LogP contribution < -0.4 is 15.5 Å². The summed E-state index contributed by atoms with van der Waals surface area (Å²) >= 11 is 6.04. The van der Waals surface area contributed by atoms with Gasteiger partial charge < -0.3 is 5.32 Å². The van der Waals surface area contributed by atoms with E-state index in [1.165, 1.54) is 29.5 Å². The van der Waals surface area contributed by atoms with Crippen LogP contribution in [0.15, 0.2) is 119 Å². The lowest BCUT2D eigenvalue weighted by atomic mass is 9.77. The molecule has 1 heterocycles. The first-order valence-corrected chi connectivity index (χ1v) is 18.0. The van der Waals surface area contributed by atoms with Crippen LogP contribution in [0.1, 0.15) is 83.7 Å². The summed E-state index contributed by atoms with van der Waals surface area (Å²) in [6.45, 7) is 15.5. The molecule has 0 fully saturated rings. The zero-order chi connectivity index (χ0) is 37.2. The first-order valence-electron chi connectivity index (χ1n) is 17.6. The fourth-order valence-corrected chi connectivity index (χ4v) is 5.50. The van der Waals surface area contributed by atoms with Gasteiger partial charge in [0.05, 0.1) is 21.9 Å². The second-order valence-corrected chi connectivity index (χ2v) is 12.4. The van der Waals surface area contributed by atoms with Gasteiger partial charge in [0, 0.05) is 13.1 Å². The van der Waals surface area contributed by atoms with Crippen LogP contribution in [0.4, 0.5) is 15.9 Å². The highest BCUT2D eigenvalue weighted by atomic mass is 35.5. The van der Waals surface area contributed by atoms with Crippen LogP contribution in [0.25, 0.3) is 5.70 Å². The average Bonchev–Trinajstić information content (AvgIpc) is 3.64. The van der Waals surface area contributed by atoms with Crippen LogP contribution in [0.3, 0.4) is 0 Å². The first-order chi connectivity index (χ1) is 24.8. The molecular formula is C42H51ClFN5O2. The summed E-state index contributed by atoms with van der Waals surface area (Å²) in [5.74, 6) is 0.684. The molecular weight excluding hydrogens is 661 g/mol. The number of halogens is 2. The van der Waals surface area contributed by atoms with Gasteiger partial charge in [-0.15, -0.1) is 0 Å². The Bertz CT molecular complexity index is 1680. The fraction of sp³-hybridized carbons (Fsp3) is 0.310. The van der Waals surface area contributed by atoms with Crippen molar-refractivity contribution in [2.45, 2.75) is 66.8 Å². The maximum atomic E-state index is 13.9. The highest BCUT2D eigenvalue weighted by Crippen LogP contribution is 2.37. The quantitative estimate of drug-likeness (QED) is 0.0678. The van der Waals surface area contributed by atoms with Gasteiger partial charge in [0.15, 0.2) is 5.69 Å². The van der Waals surface area contributed by atoms with E-state index in [-0.39, 0.29) is 5.02 Å². The predicted octanol–water partition coefficient (Wildman–Crippen LogP) is 10.7. The van der Waals surface area contributed by atoms with E-state index in [1.54, 1.807) is 0 Å². The topological polar surface area (TPSA) is 83.3 Å². The summed E-state index contributed by atoms with van der Waals surface area (Å²) in [7, 11) is 0. The fourth-order valence-electron chi connectivity index (χ4n) is 5.33. The van der Waals surface area contributed by atoms with Crippen molar-refractivity contribution in [2.24, 2.45) is 5.92 Å². The smallest absolute Gasteiger partial charge is 0.218 e. The predicted molar refractivity (Wildman–Crippen MR) is 209 cm³/mol. The molecule has 0 aliphatic carbocycles. The number of amides is 1. The molecule has 0 aliphatic rings. The number of carbonyl (C=O) groups is 1. The number of rotatable bonds is 14. The molecule has 0 spiro atoms. The normalized spacial score (nSPS) is 11.4. The minimum absolute atomic E-state index is 0.0933. The number of nitrogens with zero attached hydrogens (tertiary/aromatic N) is 3. The molecule has 0 saturated carbocycles. The number of allylic oxidation sites excluding steroid dienone is 1. The molecule has 0 atom stereocenters. The minimum atomic E-state index is -0.629. The van der Waals surface area contributed by atoms with E-state index in [9.17, 15) is 9.18 Å². The third kappa shape index (κ3) is 10.4. The van der Waals surface area contributed by atoms with Crippen molar-refractivity contribution in [1.29, 1.82) is 0 Å². The van der Waals surface area contributed by atoms with Gasteiger partial charge in [-0.1, -0.05) is 151 Å². The molecule has 5 rings (SSSR count). The monoisotopic (exact) mass is 711 g/mol.